The minimum absolute atomic E-state index is 0.101. The Balaban J connectivity index is 1.99. The van der Waals surface area contributed by atoms with Gasteiger partial charge < -0.3 is 15.2 Å². The first-order chi connectivity index (χ1) is 9.97. The van der Waals surface area contributed by atoms with Gasteiger partial charge in [-0.1, -0.05) is 6.07 Å². The molecular weight excluding hydrogens is 282 g/mol. The van der Waals surface area contributed by atoms with Crippen LogP contribution in [0.2, 0.25) is 0 Å². The van der Waals surface area contributed by atoms with Gasteiger partial charge in [0.1, 0.15) is 0 Å². The van der Waals surface area contributed by atoms with Gasteiger partial charge in [0.25, 0.3) is 0 Å². The minimum Gasteiger partial charge on any atom is -0.465 e. The number of morpholine rings is 1. The highest BCUT2D eigenvalue weighted by Crippen LogP contribution is 2.23. The Kier molecular flexibility index (Phi) is 5.08. The summed E-state index contributed by atoms with van der Waals surface area (Å²) >= 11 is 0. The summed E-state index contributed by atoms with van der Waals surface area (Å²) < 4.78 is 31.8. The van der Waals surface area contributed by atoms with Crippen molar-refractivity contribution in [1.82, 2.24) is 10.2 Å². The van der Waals surface area contributed by atoms with E-state index in [1.807, 2.05) is 6.92 Å². The molecule has 0 aromatic heterocycles. The molecule has 7 heteroatoms. The van der Waals surface area contributed by atoms with Gasteiger partial charge in [-0.05, 0) is 24.6 Å². The summed E-state index contributed by atoms with van der Waals surface area (Å²) in [5, 5.41) is 10.9. The Labute approximate surface area is 121 Å². The molecule has 1 aromatic carbocycles. The molecular formula is C14H18F2N2O3. The zero-order valence-corrected chi connectivity index (χ0v) is 11.7. The molecule has 1 unspecified atom stereocenters. The number of rotatable bonds is 4. The van der Waals surface area contributed by atoms with E-state index < -0.39 is 17.7 Å². The minimum atomic E-state index is -1.09. The molecule has 1 heterocycles. The third-order valence-corrected chi connectivity index (χ3v) is 3.62. The molecule has 1 fully saturated rings. The van der Waals surface area contributed by atoms with Crippen LogP contribution in [0.4, 0.5) is 13.6 Å². The molecule has 5 nitrogen and oxygen atoms in total. The van der Waals surface area contributed by atoms with Gasteiger partial charge in [-0.3, -0.25) is 4.90 Å². The average Bonchev–Trinajstić information content (AvgIpc) is 2.47. The smallest absolute Gasteiger partial charge is 0.404 e. The normalized spacial score (nSPS) is 21.0. The number of amides is 1. The van der Waals surface area contributed by atoms with E-state index in [9.17, 15) is 13.6 Å². The van der Waals surface area contributed by atoms with Crippen LogP contribution in [0.3, 0.4) is 0 Å². The van der Waals surface area contributed by atoms with Crippen molar-refractivity contribution in [1.29, 1.82) is 0 Å². The average molecular weight is 300 g/mol. The second-order valence-electron chi connectivity index (χ2n) is 5.02. The van der Waals surface area contributed by atoms with Crippen LogP contribution >= 0.6 is 0 Å². The van der Waals surface area contributed by atoms with E-state index in [1.165, 1.54) is 6.07 Å². The predicted molar refractivity (Wildman–Crippen MR) is 72.1 cm³/mol. The largest absolute Gasteiger partial charge is 0.465 e. The van der Waals surface area contributed by atoms with Gasteiger partial charge in [-0.2, -0.15) is 0 Å². The number of carboxylic acid groups (broad SMARTS) is 1. The van der Waals surface area contributed by atoms with Crippen LogP contribution < -0.4 is 5.32 Å². The molecule has 0 saturated carbocycles. The highest BCUT2D eigenvalue weighted by atomic mass is 19.2. The molecule has 1 aromatic rings. The molecule has 2 N–H and O–H groups in total. The van der Waals surface area contributed by atoms with Crippen LogP contribution in [0.15, 0.2) is 18.2 Å². The van der Waals surface area contributed by atoms with Gasteiger partial charge in [-0.15, -0.1) is 0 Å². The topological polar surface area (TPSA) is 61.8 Å². The number of hydrogen-bond acceptors (Lipinski definition) is 3. The fourth-order valence-corrected chi connectivity index (χ4v) is 2.40. The second-order valence-corrected chi connectivity index (χ2v) is 5.02. The summed E-state index contributed by atoms with van der Waals surface area (Å²) in [6.07, 6.45) is -1.34. The van der Waals surface area contributed by atoms with Crippen LogP contribution in [0, 0.1) is 11.6 Å². The van der Waals surface area contributed by atoms with Crippen molar-refractivity contribution in [3.63, 3.8) is 0 Å². The van der Waals surface area contributed by atoms with Crippen LogP contribution in [0.1, 0.15) is 18.5 Å². The number of benzene rings is 1. The molecule has 2 atom stereocenters. The van der Waals surface area contributed by atoms with Crippen molar-refractivity contribution in [2.24, 2.45) is 0 Å². The number of carbonyl (C=O) groups is 1. The van der Waals surface area contributed by atoms with Crippen molar-refractivity contribution >= 4 is 6.09 Å². The number of halogens is 2. The summed E-state index contributed by atoms with van der Waals surface area (Å²) in [7, 11) is 0. The summed E-state index contributed by atoms with van der Waals surface area (Å²) in [6.45, 7) is 3.76. The van der Waals surface area contributed by atoms with Crippen molar-refractivity contribution in [2.45, 2.75) is 19.1 Å². The molecule has 21 heavy (non-hydrogen) atoms. The maximum atomic E-state index is 13.3. The van der Waals surface area contributed by atoms with Gasteiger partial charge in [0.2, 0.25) is 0 Å². The Hall–Kier alpha value is -1.73. The first-order valence-electron chi connectivity index (χ1n) is 6.74. The molecule has 0 spiro atoms. The molecule has 1 aliphatic heterocycles. The fraction of sp³-hybridized carbons (Fsp3) is 0.500. The van der Waals surface area contributed by atoms with Crippen molar-refractivity contribution < 1.29 is 23.4 Å². The first kappa shape index (κ1) is 15.7. The number of nitrogens with one attached hydrogen (secondary N) is 1. The van der Waals surface area contributed by atoms with E-state index >= 15 is 0 Å². The van der Waals surface area contributed by atoms with Crippen molar-refractivity contribution in [3.05, 3.63) is 35.4 Å². The van der Waals surface area contributed by atoms with E-state index in [2.05, 4.69) is 10.2 Å². The van der Waals surface area contributed by atoms with Crippen molar-refractivity contribution in [3.8, 4) is 0 Å². The predicted octanol–water partition coefficient (Wildman–Crippen LogP) is 1.99. The van der Waals surface area contributed by atoms with Crippen LogP contribution in [-0.2, 0) is 4.74 Å². The molecule has 0 radical (unpaired) electrons. The molecule has 116 valence electrons. The highest BCUT2D eigenvalue weighted by Gasteiger charge is 2.25. The fourth-order valence-electron chi connectivity index (χ4n) is 2.40. The third kappa shape index (κ3) is 4.12. The van der Waals surface area contributed by atoms with Gasteiger partial charge in [0.05, 0.1) is 12.7 Å². The lowest BCUT2D eigenvalue weighted by Gasteiger charge is -2.37. The SMILES string of the molecule is CC(c1ccc(F)c(F)c1)N1CCO[C@@H](CNC(=O)O)C1. The number of hydrogen-bond donors (Lipinski definition) is 2. The first-order valence-corrected chi connectivity index (χ1v) is 6.74. The summed E-state index contributed by atoms with van der Waals surface area (Å²) in [5.74, 6) is -1.73. The third-order valence-electron chi connectivity index (χ3n) is 3.62. The number of ether oxygens (including phenoxy) is 1. The quantitative estimate of drug-likeness (QED) is 0.893. The zero-order valence-electron chi connectivity index (χ0n) is 11.7. The Morgan fingerprint density at radius 1 is 1.52 bits per heavy atom. The lowest BCUT2D eigenvalue weighted by atomic mass is 10.1. The van der Waals surface area contributed by atoms with Gasteiger partial charge >= 0.3 is 6.09 Å². The molecule has 2 rings (SSSR count). The van der Waals surface area contributed by atoms with E-state index in [-0.39, 0.29) is 18.7 Å². The lowest BCUT2D eigenvalue weighted by molar-refractivity contribution is -0.0394. The van der Waals surface area contributed by atoms with Gasteiger partial charge in [0, 0.05) is 25.7 Å². The Morgan fingerprint density at radius 3 is 2.95 bits per heavy atom. The van der Waals surface area contributed by atoms with E-state index in [0.29, 0.717) is 25.3 Å². The van der Waals surface area contributed by atoms with E-state index in [4.69, 9.17) is 9.84 Å². The molecule has 1 amide bonds. The van der Waals surface area contributed by atoms with E-state index in [0.717, 1.165) is 6.07 Å². The highest BCUT2D eigenvalue weighted by molar-refractivity contribution is 5.64. The Morgan fingerprint density at radius 2 is 2.29 bits per heavy atom. The number of nitrogens with zero attached hydrogens (tertiary/aromatic N) is 1. The van der Waals surface area contributed by atoms with Gasteiger partial charge in [-0.25, -0.2) is 13.6 Å². The van der Waals surface area contributed by atoms with Crippen molar-refractivity contribution in [2.75, 3.05) is 26.2 Å². The van der Waals surface area contributed by atoms with Crippen LogP contribution in [0.5, 0.6) is 0 Å². The van der Waals surface area contributed by atoms with Gasteiger partial charge in [0.15, 0.2) is 11.6 Å². The van der Waals surface area contributed by atoms with Crippen LogP contribution in [-0.4, -0.2) is 48.4 Å². The summed E-state index contributed by atoms with van der Waals surface area (Å²) in [4.78, 5) is 12.6. The lowest BCUT2D eigenvalue weighted by Crippen LogP contribution is -2.48. The molecule has 0 aliphatic carbocycles. The maximum Gasteiger partial charge on any atom is 0.404 e. The van der Waals surface area contributed by atoms with Crippen LogP contribution in [0.25, 0.3) is 0 Å². The molecule has 1 saturated heterocycles. The second kappa shape index (κ2) is 6.82. The van der Waals surface area contributed by atoms with E-state index in [1.54, 1.807) is 6.07 Å². The standard InChI is InChI=1S/C14H18F2N2O3/c1-9(10-2-3-12(15)13(16)6-10)18-4-5-21-11(8-18)7-17-14(19)20/h2-3,6,9,11,17H,4-5,7-8H2,1H3,(H,19,20)/t9?,11-/m0/s1. The zero-order chi connectivity index (χ0) is 15.4. The maximum absolute atomic E-state index is 13.3. The molecule has 0 bridgehead atoms. The summed E-state index contributed by atoms with van der Waals surface area (Å²) in [5.41, 5.74) is 0.681. The monoisotopic (exact) mass is 300 g/mol. The Bertz CT molecular complexity index is 513. The molecule has 1 aliphatic rings. The summed E-state index contributed by atoms with van der Waals surface area (Å²) in [6, 6.07) is 3.77.